The second-order valence-electron chi connectivity index (χ2n) is 12.4. The van der Waals surface area contributed by atoms with Gasteiger partial charge in [-0.25, -0.2) is 12.8 Å². The molecule has 1 fully saturated rings. The number of fused-ring (bicyclic) bond motifs is 3. The van der Waals surface area contributed by atoms with Crippen molar-refractivity contribution in [3.05, 3.63) is 40.5 Å². The maximum atomic E-state index is 15.6. The minimum atomic E-state index is -3.55. The van der Waals surface area contributed by atoms with Crippen molar-refractivity contribution in [1.29, 1.82) is 0 Å². The number of carbonyl (C=O) groups excluding carboxylic acids is 1. The van der Waals surface area contributed by atoms with E-state index in [1.165, 1.54) is 6.07 Å². The van der Waals surface area contributed by atoms with Gasteiger partial charge in [0.25, 0.3) is 5.91 Å². The number of aromatic nitrogens is 1. The largest absolute Gasteiger partial charge is 0.382 e. The van der Waals surface area contributed by atoms with Crippen LogP contribution in [0.15, 0.2) is 17.0 Å². The lowest BCUT2D eigenvalue weighted by Crippen LogP contribution is -2.33. The Labute approximate surface area is 242 Å². The van der Waals surface area contributed by atoms with Gasteiger partial charge >= 0.3 is 0 Å². The number of rotatable bonds is 10. The molecule has 0 unspecified atom stereocenters. The Kier molecular flexibility index (Phi) is 8.53. The molecule has 3 aliphatic rings. The van der Waals surface area contributed by atoms with Gasteiger partial charge in [-0.2, -0.15) is 0 Å². The first-order chi connectivity index (χ1) is 19.4. The monoisotopic (exact) mass is 590 g/mol. The molecule has 2 aromatic rings. The topological polar surface area (TPSA) is 116 Å². The van der Waals surface area contributed by atoms with Crippen LogP contribution in [0.3, 0.4) is 0 Å². The number of carbonyl (C=O) groups is 1. The van der Waals surface area contributed by atoms with E-state index in [0.29, 0.717) is 40.6 Å². The van der Waals surface area contributed by atoms with Crippen LogP contribution >= 0.6 is 0 Å². The number of ether oxygens (including phenoxy) is 2. The number of halogens is 1. The number of primary amides is 1. The van der Waals surface area contributed by atoms with Crippen molar-refractivity contribution in [1.82, 2.24) is 9.47 Å². The third kappa shape index (κ3) is 6.04. The highest BCUT2D eigenvalue weighted by Crippen LogP contribution is 2.44. The number of anilines is 1. The van der Waals surface area contributed by atoms with Crippen molar-refractivity contribution >= 4 is 21.4 Å². The summed E-state index contributed by atoms with van der Waals surface area (Å²) in [5.74, 6) is -1.54. The predicted molar refractivity (Wildman–Crippen MR) is 156 cm³/mol. The number of hydrogen-bond acceptors (Lipinski definition) is 7. The predicted octanol–water partition coefficient (Wildman–Crippen LogP) is 4.18. The van der Waals surface area contributed by atoms with E-state index in [1.807, 2.05) is 18.4 Å². The minimum Gasteiger partial charge on any atom is -0.382 e. The molecule has 2 aliphatic heterocycles. The summed E-state index contributed by atoms with van der Waals surface area (Å²) in [4.78, 5) is 15.0. The van der Waals surface area contributed by atoms with Crippen molar-refractivity contribution in [2.75, 3.05) is 37.3 Å². The van der Waals surface area contributed by atoms with Gasteiger partial charge in [-0.15, -0.1) is 0 Å². The Hall–Kier alpha value is -2.47. The quantitative estimate of drug-likeness (QED) is 0.427. The highest BCUT2D eigenvalue weighted by atomic mass is 32.2. The lowest BCUT2D eigenvalue weighted by molar-refractivity contribution is 0.0156. The summed E-state index contributed by atoms with van der Waals surface area (Å²) >= 11 is 0. The van der Waals surface area contributed by atoms with Crippen molar-refractivity contribution in [3.8, 4) is 5.69 Å². The van der Waals surface area contributed by atoms with Crippen molar-refractivity contribution in [3.63, 3.8) is 0 Å². The standard InChI is InChI=1S/C30H43FN4O5S/c1-5-34(6-2)11-12-40-21-9-7-19(8-10-21)33-24-14-20(13-23(31)27(24)29(32)36)35-25-15-30(3,4)18-41(37,38)28(25)22-16-39-17-26(22)35/h13-14,19,21,33H,5-12,15-18H2,1-4H3,(H2,32,36)/t19-,21-. The van der Waals surface area contributed by atoms with E-state index < -0.39 is 27.0 Å². The lowest BCUT2D eigenvalue weighted by Gasteiger charge is -2.32. The average Bonchev–Trinajstić information content (AvgIpc) is 3.46. The Morgan fingerprint density at radius 1 is 1.17 bits per heavy atom. The van der Waals surface area contributed by atoms with Gasteiger partial charge in [0.2, 0.25) is 0 Å². The molecule has 226 valence electrons. The molecule has 1 saturated carbocycles. The van der Waals surface area contributed by atoms with Crippen LogP contribution in [0.25, 0.3) is 5.69 Å². The van der Waals surface area contributed by atoms with Gasteiger partial charge in [0.15, 0.2) is 9.84 Å². The van der Waals surface area contributed by atoms with Crippen LogP contribution in [0.4, 0.5) is 10.1 Å². The van der Waals surface area contributed by atoms with E-state index in [9.17, 15) is 13.2 Å². The van der Waals surface area contributed by atoms with Gasteiger partial charge < -0.3 is 30.0 Å². The molecule has 1 aromatic heterocycles. The molecule has 9 nitrogen and oxygen atoms in total. The number of nitrogens with zero attached hydrogens (tertiary/aromatic N) is 2. The highest BCUT2D eigenvalue weighted by molar-refractivity contribution is 7.91. The third-order valence-corrected chi connectivity index (χ3v) is 11.0. The lowest BCUT2D eigenvalue weighted by atomic mass is 9.89. The molecule has 5 rings (SSSR count). The minimum absolute atomic E-state index is 0.0253. The van der Waals surface area contributed by atoms with E-state index in [1.54, 1.807) is 6.07 Å². The molecular weight excluding hydrogens is 547 g/mol. The number of benzene rings is 1. The summed E-state index contributed by atoms with van der Waals surface area (Å²) in [6.07, 6.45) is 4.07. The van der Waals surface area contributed by atoms with Crippen LogP contribution in [0, 0.1) is 11.2 Å². The number of likely N-dealkylation sites (N-methyl/N-ethyl adjacent to an activating group) is 1. The van der Waals surface area contributed by atoms with Crippen LogP contribution < -0.4 is 11.1 Å². The molecular formula is C30H43FN4O5S. The zero-order valence-corrected chi connectivity index (χ0v) is 25.4. The van der Waals surface area contributed by atoms with E-state index in [2.05, 4.69) is 24.1 Å². The summed E-state index contributed by atoms with van der Waals surface area (Å²) in [6.45, 7) is 12.2. The molecule has 1 aromatic carbocycles. The van der Waals surface area contributed by atoms with E-state index in [-0.39, 0.29) is 36.7 Å². The van der Waals surface area contributed by atoms with Crippen molar-refractivity contribution in [2.24, 2.45) is 11.1 Å². The molecule has 1 aliphatic carbocycles. The molecule has 1 amide bonds. The van der Waals surface area contributed by atoms with Crippen molar-refractivity contribution in [2.45, 2.75) is 90.1 Å². The highest BCUT2D eigenvalue weighted by Gasteiger charge is 2.43. The molecule has 0 saturated heterocycles. The van der Waals surface area contributed by atoms with Gasteiger partial charge in [-0.1, -0.05) is 27.7 Å². The third-order valence-electron chi connectivity index (χ3n) is 8.72. The van der Waals surface area contributed by atoms with Gasteiger partial charge in [-0.3, -0.25) is 4.79 Å². The second-order valence-corrected chi connectivity index (χ2v) is 14.3. The number of amides is 1. The second kappa shape index (κ2) is 11.7. The first-order valence-electron chi connectivity index (χ1n) is 14.7. The van der Waals surface area contributed by atoms with E-state index in [0.717, 1.165) is 51.0 Å². The summed E-state index contributed by atoms with van der Waals surface area (Å²) in [7, 11) is -3.55. The van der Waals surface area contributed by atoms with Gasteiger partial charge in [0, 0.05) is 23.8 Å². The van der Waals surface area contributed by atoms with E-state index in [4.69, 9.17) is 15.2 Å². The maximum Gasteiger partial charge on any atom is 0.253 e. The molecule has 41 heavy (non-hydrogen) atoms. The van der Waals surface area contributed by atoms with E-state index >= 15 is 4.39 Å². The SMILES string of the molecule is CCN(CC)CCO[C@H]1CC[C@H](Nc2cc(-n3c4c(c5c3CC(C)(C)CS5(=O)=O)COC4)cc(F)c2C(N)=O)CC1. The molecule has 11 heteroatoms. The van der Waals surface area contributed by atoms with Crippen LogP contribution in [0.5, 0.6) is 0 Å². The van der Waals surface area contributed by atoms with Gasteiger partial charge in [0.05, 0.1) is 59.2 Å². The molecule has 0 radical (unpaired) electrons. The summed E-state index contributed by atoms with van der Waals surface area (Å²) in [5.41, 5.74) is 7.78. The van der Waals surface area contributed by atoms with Crippen LogP contribution in [0.2, 0.25) is 0 Å². The molecule has 0 bridgehead atoms. The first kappa shape index (κ1) is 30.0. The number of nitrogens with two attached hydrogens (primary N) is 1. The molecule has 3 heterocycles. The Morgan fingerprint density at radius 2 is 1.88 bits per heavy atom. The zero-order valence-electron chi connectivity index (χ0n) is 24.6. The Morgan fingerprint density at radius 3 is 2.54 bits per heavy atom. The molecule has 0 atom stereocenters. The smallest absolute Gasteiger partial charge is 0.253 e. The van der Waals surface area contributed by atoms with Crippen LogP contribution in [0.1, 0.15) is 80.7 Å². The molecule has 0 spiro atoms. The number of nitrogens with one attached hydrogen (secondary N) is 1. The average molecular weight is 591 g/mol. The Balaban J connectivity index is 1.42. The fraction of sp³-hybridized carbons (Fsp3) is 0.633. The Bertz CT molecular complexity index is 1410. The van der Waals surface area contributed by atoms with Gasteiger partial charge in [0.1, 0.15) is 5.82 Å². The fourth-order valence-corrected chi connectivity index (χ4v) is 9.10. The summed E-state index contributed by atoms with van der Waals surface area (Å²) in [5, 5.41) is 3.40. The fourth-order valence-electron chi connectivity index (χ4n) is 6.75. The zero-order chi connectivity index (χ0) is 29.5. The molecule has 3 N–H and O–H groups in total. The maximum absolute atomic E-state index is 15.6. The van der Waals surface area contributed by atoms with Crippen LogP contribution in [-0.2, 0) is 38.9 Å². The van der Waals surface area contributed by atoms with Gasteiger partial charge in [-0.05, 0) is 62.7 Å². The summed E-state index contributed by atoms with van der Waals surface area (Å²) < 4.78 is 55.9. The number of sulfone groups is 1. The van der Waals surface area contributed by atoms with Crippen molar-refractivity contribution < 1.29 is 27.1 Å². The first-order valence-corrected chi connectivity index (χ1v) is 16.4. The number of hydrogen-bond donors (Lipinski definition) is 2. The van der Waals surface area contributed by atoms with Crippen LogP contribution in [-0.4, -0.2) is 67.9 Å². The summed E-state index contributed by atoms with van der Waals surface area (Å²) in [6, 6.07) is 3.03. The normalized spacial score (nSPS) is 22.9.